The van der Waals surface area contributed by atoms with Crippen molar-refractivity contribution in [2.24, 2.45) is 0 Å². The van der Waals surface area contributed by atoms with Gasteiger partial charge in [-0.25, -0.2) is 9.37 Å². The maximum Gasteiger partial charge on any atom is 0.247 e. The quantitative estimate of drug-likeness (QED) is 0.269. The van der Waals surface area contributed by atoms with Crippen molar-refractivity contribution in [1.29, 1.82) is 0 Å². The van der Waals surface area contributed by atoms with Crippen molar-refractivity contribution < 1.29 is 13.9 Å². The number of fused-ring (bicyclic) bond motifs is 1. The summed E-state index contributed by atoms with van der Waals surface area (Å²) in [4.78, 5) is 18.9. The first-order chi connectivity index (χ1) is 18.0. The monoisotopic (exact) mass is 539 g/mol. The molecular weight excluding hydrogens is 512 g/mol. The lowest BCUT2D eigenvalue weighted by atomic mass is 9.94. The van der Waals surface area contributed by atoms with E-state index in [1.165, 1.54) is 18.6 Å². The Kier molecular flexibility index (Phi) is 7.79. The molecule has 1 aromatic heterocycles. The highest BCUT2D eigenvalue weighted by molar-refractivity contribution is 6.31. The second kappa shape index (κ2) is 11.2. The van der Waals surface area contributed by atoms with Crippen molar-refractivity contribution in [3.05, 3.63) is 99.5 Å². The number of hydrogen-bond acceptors (Lipinski definition) is 3. The van der Waals surface area contributed by atoms with Gasteiger partial charge in [0.15, 0.2) is 0 Å². The summed E-state index contributed by atoms with van der Waals surface area (Å²) >= 11 is 12.6. The lowest BCUT2D eigenvalue weighted by molar-refractivity contribution is -0.124. The summed E-state index contributed by atoms with van der Waals surface area (Å²) in [5, 5.41) is 3.72. The lowest BCUT2D eigenvalue weighted by Gasteiger charge is -2.28. The Hall–Kier alpha value is -2.93. The van der Waals surface area contributed by atoms with Gasteiger partial charge in [-0.2, -0.15) is 0 Å². The summed E-state index contributed by atoms with van der Waals surface area (Å²) in [6, 6.07) is 18.9. The number of carbonyl (C=O) groups excluding carboxylic acids is 1. The van der Waals surface area contributed by atoms with E-state index in [0.717, 1.165) is 31.2 Å². The van der Waals surface area contributed by atoms with E-state index >= 15 is 0 Å². The topological polar surface area (TPSA) is 56.2 Å². The summed E-state index contributed by atoms with van der Waals surface area (Å²) in [6.45, 7) is 0. The first-order valence-corrected chi connectivity index (χ1v) is 13.2. The van der Waals surface area contributed by atoms with E-state index in [0.29, 0.717) is 27.4 Å². The van der Waals surface area contributed by atoms with Crippen LogP contribution in [0.3, 0.4) is 0 Å². The molecule has 5 rings (SSSR count). The Morgan fingerprint density at radius 2 is 1.76 bits per heavy atom. The largest absolute Gasteiger partial charge is 0.369 e. The van der Waals surface area contributed by atoms with E-state index in [9.17, 15) is 9.18 Å². The number of amides is 1. The number of halogens is 3. The summed E-state index contributed by atoms with van der Waals surface area (Å²) < 4.78 is 22.3. The van der Waals surface area contributed by atoms with Gasteiger partial charge in [0.25, 0.3) is 0 Å². The fraction of sp³-hybridized carbons (Fsp3) is 0.310. The minimum atomic E-state index is -0.830. The van der Waals surface area contributed by atoms with Crippen LogP contribution in [0.15, 0.2) is 66.7 Å². The number of ether oxygens (including phenoxy) is 1. The molecule has 0 bridgehead atoms. The summed E-state index contributed by atoms with van der Waals surface area (Å²) in [6.07, 6.45) is 4.61. The number of carbonyl (C=O) groups is 1. The van der Waals surface area contributed by atoms with Crippen molar-refractivity contribution in [3.8, 4) is 0 Å². The Bertz CT molecular complexity index is 1400. The number of nitrogens with zero attached hydrogens (tertiary/aromatic N) is 2. The van der Waals surface area contributed by atoms with Crippen LogP contribution in [0.25, 0.3) is 11.0 Å². The Morgan fingerprint density at radius 1 is 1.03 bits per heavy atom. The third-order valence-electron chi connectivity index (χ3n) is 6.95. The number of benzene rings is 3. The molecule has 5 nitrogen and oxygen atoms in total. The average molecular weight is 540 g/mol. The zero-order valence-corrected chi connectivity index (χ0v) is 22.0. The zero-order chi connectivity index (χ0) is 25.9. The van der Waals surface area contributed by atoms with Gasteiger partial charge in [0.2, 0.25) is 5.91 Å². The van der Waals surface area contributed by atoms with Gasteiger partial charge in [-0.3, -0.25) is 4.79 Å². The Morgan fingerprint density at radius 3 is 2.46 bits per heavy atom. The van der Waals surface area contributed by atoms with Crippen molar-refractivity contribution in [3.63, 3.8) is 0 Å². The van der Waals surface area contributed by atoms with Gasteiger partial charge < -0.3 is 14.6 Å². The highest BCUT2D eigenvalue weighted by atomic mass is 35.5. The van der Waals surface area contributed by atoms with E-state index in [1.54, 1.807) is 19.2 Å². The first kappa shape index (κ1) is 25.7. The molecule has 192 valence electrons. The Labute approximate surface area is 225 Å². The molecule has 0 spiro atoms. The van der Waals surface area contributed by atoms with Crippen LogP contribution < -0.4 is 5.32 Å². The van der Waals surface area contributed by atoms with Crippen molar-refractivity contribution in [2.75, 3.05) is 7.11 Å². The SMILES string of the molecule is COC(c1ccccc1)c1nc2cc(F)c(Cl)cc2n1C(C(=O)NC1CCCCC1)c1cccc(Cl)c1. The molecule has 1 fully saturated rings. The van der Waals surface area contributed by atoms with E-state index in [-0.39, 0.29) is 17.0 Å². The number of nitrogens with one attached hydrogen (secondary N) is 1. The maximum absolute atomic E-state index is 14.5. The average Bonchev–Trinajstić information content (AvgIpc) is 3.23. The van der Waals surface area contributed by atoms with Crippen LogP contribution in [-0.4, -0.2) is 28.6 Å². The molecule has 8 heteroatoms. The molecule has 1 aliphatic rings. The highest BCUT2D eigenvalue weighted by Gasteiger charge is 2.33. The molecule has 1 amide bonds. The molecule has 0 radical (unpaired) electrons. The van der Waals surface area contributed by atoms with Gasteiger partial charge in [-0.05, 0) is 42.2 Å². The molecular formula is C29H28Cl2FN3O2. The molecule has 1 aliphatic carbocycles. The molecule has 3 aromatic carbocycles. The molecule has 4 aromatic rings. The molecule has 0 aliphatic heterocycles. The summed E-state index contributed by atoms with van der Waals surface area (Å²) in [5.41, 5.74) is 2.45. The number of hydrogen-bond donors (Lipinski definition) is 1. The highest BCUT2D eigenvalue weighted by Crippen LogP contribution is 2.36. The van der Waals surface area contributed by atoms with Gasteiger partial charge in [-0.1, -0.05) is 84.9 Å². The summed E-state index contributed by atoms with van der Waals surface area (Å²) in [5.74, 6) is -0.294. The minimum Gasteiger partial charge on any atom is -0.369 e. The normalized spacial score (nSPS) is 16.0. The lowest BCUT2D eigenvalue weighted by Crippen LogP contribution is -2.41. The standard InChI is InChI=1S/C29H28Cl2FN3O2/c1-37-27(18-9-4-2-5-10-18)28-34-24-17-23(32)22(31)16-25(24)35(28)26(19-11-8-12-20(30)15-19)29(36)33-21-13-6-3-7-14-21/h2,4-5,8-12,15-17,21,26-27H,3,6-7,13-14H2,1H3,(H,33,36). The molecule has 0 saturated heterocycles. The summed E-state index contributed by atoms with van der Waals surface area (Å²) in [7, 11) is 1.59. The van der Waals surface area contributed by atoms with Gasteiger partial charge >= 0.3 is 0 Å². The molecule has 2 atom stereocenters. The molecule has 1 N–H and O–H groups in total. The van der Waals surface area contributed by atoms with E-state index < -0.39 is 18.0 Å². The minimum absolute atomic E-state index is 0.0496. The zero-order valence-electron chi connectivity index (χ0n) is 20.5. The van der Waals surface area contributed by atoms with Crippen LogP contribution in [0.2, 0.25) is 10.0 Å². The van der Waals surface area contributed by atoms with Gasteiger partial charge in [-0.15, -0.1) is 0 Å². The fourth-order valence-corrected chi connectivity index (χ4v) is 5.56. The predicted octanol–water partition coefficient (Wildman–Crippen LogP) is 7.26. The number of methoxy groups -OCH3 is 1. The van der Waals surface area contributed by atoms with Gasteiger partial charge in [0.05, 0.1) is 16.1 Å². The third kappa shape index (κ3) is 5.37. The second-order valence-corrected chi connectivity index (χ2v) is 10.3. The van der Waals surface area contributed by atoms with E-state index in [2.05, 4.69) is 5.32 Å². The van der Waals surface area contributed by atoms with E-state index in [1.807, 2.05) is 47.0 Å². The van der Waals surface area contributed by atoms with Crippen molar-refractivity contribution >= 4 is 40.1 Å². The van der Waals surface area contributed by atoms with Crippen LogP contribution in [0.5, 0.6) is 0 Å². The second-order valence-electron chi connectivity index (χ2n) is 9.42. The van der Waals surface area contributed by atoms with E-state index in [4.69, 9.17) is 32.9 Å². The van der Waals surface area contributed by atoms with Crippen LogP contribution in [-0.2, 0) is 9.53 Å². The third-order valence-corrected chi connectivity index (χ3v) is 7.48. The molecule has 1 saturated carbocycles. The maximum atomic E-state index is 14.5. The smallest absolute Gasteiger partial charge is 0.247 e. The van der Waals surface area contributed by atoms with Crippen LogP contribution in [0, 0.1) is 5.82 Å². The number of imidazole rings is 1. The van der Waals surface area contributed by atoms with Crippen LogP contribution in [0.4, 0.5) is 4.39 Å². The predicted molar refractivity (Wildman–Crippen MR) is 145 cm³/mol. The molecule has 37 heavy (non-hydrogen) atoms. The number of rotatable bonds is 7. The van der Waals surface area contributed by atoms with Crippen molar-refractivity contribution in [1.82, 2.24) is 14.9 Å². The number of aromatic nitrogens is 2. The molecule has 1 heterocycles. The Balaban J connectivity index is 1.73. The fourth-order valence-electron chi connectivity index (χ4n) is 5.21. The van der Waals surface area contributed by atoms with Gasteiger partial charge in [0.1, 0.15) is 23.8 Å². The van der Waals surface area contributed by atoms with Gasteiger partial charge in [0, 0.05) is 24.2 Å². The van der Waals surface area contributed by atoms with Crippen LogP contribution >= 0.6 is 23.2 Å². The van der Waals surface area contributed by atoms with Crippen molar-refractivity contribution in [2.45, 2.75) is 50.3 Å². The van der Waals surface area contributed by atoms with Crippen LogP contribution in [0.1, 0.15) is 61.2 Å². The molecule has 2 unspecified atom stereocenters. The first-order valence-electron chi connectivity index (χ1n) is 12.5.